The van der Waals surface area contributed by atoms with Crippen LogP contribution in [-0.4, -0.2) is 66.1 Å². The Bertz CT molecular complexity index is 972. The van der Waals surface area contributed by atoms with Crippen LogP contribution in [0.15, 0.2) is 54.5 Å². The van der Waals surface area contributed by atoms with Crippen molar-refractivity contribution in [3.63, 3.8) is 0 Å². The number of hydrogen-bond acceptors (Lipinski definition) is 6. The third-order valence-corrected chi connectivity index (χ3v) is 5.40. The molecule has 0 saturated heterocycles. The molecule has 0 aliphatic carbocycles. The predicted octanol–water partition coefficient (Wildman–Crippen LogP) is 3.16. The number of hydrogen-bond donors (Lipinski definition) is 0. The fraction of sp³-hybridized carbons (Fsp3) is 0.400. The number of imide groups is 1. The molecule has 170 valence electrons. The van der Waals surface area contributed by atoms with Gasteiger partial charge in [0.05, 0.1) is 31.9 Å². The summed E-state index contributed by atoms with van der Waals surface area (Å²) in [6, 6.07) is 11.2. The Labute approximate surface area is 189 Å². The molecule has 7 nitrogen and oxygen atoms in total. The molecular formula is C25H31N3O4. The number of methoxy groups -OCH3 is 1. The highest BCUT2D eigenvalue weighted by molar-refractivity contribution is 6.36. The highest BCUT2D eigenvalue weighted by Crippen LogP contribution is 2.36. The number of rotatable bonds is 11. The van der Waals surface area contributed by atoms with E-state index in [1.807, 2.05) is 56.0 Å². The van der Waals surface area contributed by atoms with E-state index in [0.717, 1.165) is 12.0 Å². The molecule has 1 aromatic carbocycles. The first-order valence-corrected chi connectivity index (χ1v) is 11.0. The van der Waals surface area contributed by atoms with E-state index in [-0.39, 0.29) is 24.5 Å². The minimum Gasteiger partial charge on any atom is -0.496 e. The maximum absolute atomic E-state index is 13.5. The molecule has 0 atom stereocenters. The lowest BCUT2D eigenvalue weighted by Gasteiger charge is -2.25. The number of carbonyl (C=O) groups is 2. The number of carbonyl (C=O) groups excluding carboxylic acids is 2. The number of pyridine rings is 1. The second-order valence-electron chi connectivity index (χ2n) is 7.79. The summed E-state index contributed by atoms with van der Waals surface area (Å²) in [6.45, 7) is 7.54. The molecule has 2 heterocycles. The first-order chi connectivity index (χ1) is 15.5. The van der Waals surface area contributed by atoms with Crippen molar-refractivity contribution < 1.29 is 19.1 Å². The molecule has 32 heavy (non-hydrogen) atoms. The molecule has 1 aromatic heterocycles. The van der Waals surface area contributed by atoms with Crippen LogP contribution in [0.5, 0.6) is 5.75 Å². The third kappa shape index (κ3) is 5.16. The average molecular weight is 438 g/mol. The quantitative estimate of drug-likeness (QED) is 0.503. The molecule has 0 fully saturated rings. The van der Waals surface area contributed by atoms with Crippen LogP contribution in [0.4, 0.5) is 0 Å². The first kappa shape index (κ1) is 23.5. The monoisotopic (exact) mass is 437 g/mol. The van der Waals surface area contributed by atoms with E-state index >= 15 is 0 Å². The van der Waals surface area contributed by atoms with Crippen LogP contribution in [0.2, 0.25) is 0 Å². The largest absolute Gasteiger partial charge is 0.496 e. The Morgan fingerprint density at radius 1 is 1.06 bits per heavy atom. The minimum atomic E-state index is -0.316. The molecule has 1 aliphatic rings. The summed E-state index contributed by atoms with van der Waals surface area (Å²) in [7, 11) is 1.57. The average Bonchev–Trinajstić information content (AvgIpc) is 3.04. The molecule has 2 aromatic rings. The van der Waals surface area contributed by atoms with Gasteiger partial charge in [-0.1, -0.05) is 18.2 Å². The summed E-state index contributed by atoms with van der Waals surface area (Å²) in [5.41, 5.74) is 2.55. The van der Waals surface area contributed by atoms with Gasteiger partial charge >= 0.3 is 0 Å². The fourth-order valence-corrected chi connectivity index (χ4v) is 3.77. The van der Waals surface area contributed by atoms with Gasteiger partial charge in [0.1, 0.15) is 11.4 Å². The Morgan fingerprint density at radius 2 is 1.78 bits per heavy atom. The van der Waals surface area contributed by atoms with Gasteiger partial charge in [0.15, 0.2) is 0 Å². The topological polar surface area (TPSA) is 72.0 Å². The molecule has 1 aliphatic heterocycles. The van der Waals surface area contributed by atoms with Crippen molar-refractivity contribution >= 4 is 17.4 Å². The number of ether oxygens (including phenoxy) is 2. The van der Waals surface area contributed by atoms with Crippen molar-refractivity contribution in [2.24, 2.45) is 0 Å². The van der Waals surface area contributed by atoms with Crippen LogP contribution in [-0.2, 0) is 20.7 Å². The Kier molecular flexibility index (Phi) is 8.00. The molecule has 0 radical (unpaired) electrons. The van der Waals surface area contributed by atoms with Crippen LogP contribution < -0.4 is 4.74 Å². The lowest BCUT2D eigenvalue weighted by molar-refractivity contribution is -0.138. The van der Waals surface area contributed by atoms with Gasteiger partial charge < -0.3 is 14.4 Å². The zero-order chi connectivity index (χ0) is 23.1. The maximum atomic E-state index is 13.5. The van der Waals surface area contributed by atoms with Crippen LogP contribution in [0.3, 0.4) is 0 Å². The van der Waals surface area contributed by atoms with E-state index in [1.54, 1.807) is 25.6 Å². The lowest BCUT2D eigenvalue weighted by atomic mass is 10.0. The molecule has 0 unspecified atom stereocenters. The number of likely N-dealkylation sites (N-methyl/N-ethyl adjacent to an activating group) is 1. The molecule has 7 heteroatoms. The molecule has 0 spiro atoms. The van der Waals surface area contributed by atoms with Gasteiger partial charge in [-0.25, -0.2) is 0 Å². The SMILES string of the molecule is CCN(CCc1ccncc1)C1=C(c2ccccc2OC)C(=O)N(CCOC(C)C)C1=O. The summed E-state index contributed by atoms with van der Waals surface area (Å²) in [5.74, 6) is -0.0457. The molecule has 0 bridgehead atoms. The molecule has 3 rings (SSSR count). The zero-order valence-electron chi connectivity index (χ0n) is 19.2. The number of amides is 2. The van der Waals surface area contributed by atoms with Gasteiger partial charge in [-0.05, 0) is 51.0 Å². The van der Waals surface area contributed by atoms with Gasteiger partial charge in [-0.2, -0.15) is 0 Å². The zero-order valence-corrected chi connectivity index (χ0v) is 19.2. The standard InChI is InChI=1S/C25H31N3O4/c1-5-27(15-12-19-10-13-26-14-11-19)23-22(20-8-6-7-9-21(20)31-4)24(29)28(25(23)30)16-17-32-18(2)3/h6-11,13-14,18H,5,12,15-17H2,1-4H3. The summed E-state index contributed by atoms with van der Waals surface area (Å²) < 4.78 is 11.1. The predicted molar refractivity (Wildman–Crippen MR) is 123 cm³/mol. The summed E-state index contributed by atoms with van der Waals surface area (Å²) in [6.07, 6.45) is 4.27. The first-order valence-electron chi connectivity index (χ1n) is 11.0. The highest BCUT2D eigenvalue weighted by Gasteiger charge is 2.41. The normalized spacial score (nSPS) is 14.0. The molecule has 0 saturated carbocycles. The van der Waals surface area contributed by atoms with E-state index in [2.05, 4.69) is 4.98 Å². The van der Waals surface area contributed by atoms with Crippen molar-refractivity contribution in [2.75, 3.05) is 33.4 Å². The van der Waals surface area contributed by atoms with E-state index in [9.17, 15) is 9.59 Å². The van der Waals surface area contributed by atoms with Crippen LogP contribution >= 0.6 is 0 Å². The van der Waals surface area contributed by atoms with E-state index in [1.165, 1.54) is 4.90 Å². The van der Waals surface area contributed by atoms with Crippen LogP contribution in [0.1, 0.15) is 31.9 Å². The number of para-hydroxylation sites is 1. The molecule has 2 amide bonds. The number of aromatic nitrogens is 1. The second-order valence-corrected chi connectivity index (χ2v) is 7.79. The fourth-order valence-electron chi connectivity index (χ4n) is 3.77. The van der Waals surface area contributed by atoms with Crippen molar-refractivity contribution in [1.82, 2.24) is 14.8 Å². The smallest absolute Gasteiger partial charge is 0.277 e. The Balaban J connectivity index is 1.97. The van der Waals surface area contributed by atoms with Gasteiger partial charge in [-0.15, -0.1) is 0 Å². The van der Waals surface area contributed by atoms with Crippen LogP contribution in [0, 0.1) is 0 Å². The van der Waals surface area contributed by atoms with E-state index in [4.69, 9.17) is 9.47 Å². The van der Waals surface area contributed by atoms with E-state index < -0.39 is 0 Å². The van der Waals surface area contributed by atoms with Gasteiger partial charge in [0, 0.05) is 31.0 Å². The van der Waals surface area contributed by atoms with Crippen molar-refractivity contribution in [3.8, 4) is 5.75 Å². The van der Waals surface area contributed by atoms with Gasteiger partial charge in [-0.3, -0.25) is 19.5 Å². The van der Waals surface area contributed by atoms with Crippen molar-refractivity contribution in [3.05, 3.63) is 65.6 Å². The van der Waals surface area contributed by atoms with Gasteiger partial charge in [0.2, 0.25) is 0 Å². The Hall–Kier alpha value is -3.19. The lowest BCUT2D eigenvalue weighted by Crippen LogP contribution is -2.38. The number of nitrogens with zero attached hydrogens (tertiary/aromatic N) is 3. The van der Waals surface area contributed by atoms with Gasteiger partial charge in [0.25, 0.3) is 11.8 Å². The minimum absolute atomic E-state index is 0.0245. The molecule has 0 N–H and O–H groups in total. The summed E-state index contributed by atoms with van der Waals surface area (Å²) in [4.78, 5) is 34.3. The summed E-state index contributed by atoms with van der Waals surface area (Å²) >= 11 is 0. The summed E-state index contributed by atoms with van der Waals surface area (Å²) in [5, 5.41) is 0. The van der Waals surface area contributed by atoms with E-state index in [0.29, 0.717) is 42.3 Å². The van der Waals surface area contributed by atoms with Crippen LogP contribution in [0.25, 0.3) is 5.57 Å². The number of benzene rings is 1. The van der Waals surface area contributed by atoms with Crippen molar-refractivity contribution in [2.45, 2.75) is 33.3 Å². The maximum Gasteiger partial charge on any atom is 0.277 e. The highest BCUT2D eigenvalue weighted by atomic mass is 16.5. The third-order valence-electron chi connectivity index (χ3n) is 5.40. The Morgan fingerprint density at radius 3 is 2.44 bits per heavy atom. The molecular weight excluding hydrogens is 406 g/mol. The second kappa shape index (κ2) is 10.9. The van der Waals surface area contributed by atoms with Crippen molar-refractivity contribution in [1.29, 1.82) is 0 Å².